The van der Waals surface area contributed by atoms with Crippen LogP contribution in [0.3, 0.4) is 0 Å². The standard InChI is InChI=1S/C30H39N2O.Zr/c1-21(2)24-17-14-18-25(22(3)4)27(24)32(29(5,6)26-19-12-13-20-31-26)28(30(7,8)33)23-15-10-9-11-16-23;/h9-22,28H,1-8H3;/q-1;+1. The van der Waals surface area contributed by atoms with Crippen molar-refractivity contribution in [1.29, 1.82) is 0 Å². The van der Waals surface area contributed by atoms with Crippen LogP contribution in [0.1, 0.15) is 95.7 Å². The molecule has 1 unspecified atom stereocenters. The van der Waals surface area contributed by atoms with E-state index in [9.17, 15) is 0 Å². The van der Waals surface area contributed by atoms with Gasteiger partial charge in [0.2, 0.25) is 0 Å². The van der Waals surface area contributed by atoms with E-state index in [-0.39, 0.29) is 6.04 Å². The van der Waals surface area contributed by atoms with Crippen molar-refractivity contribution in [2.75, 3.05) is 4.90 Å². The van der Waals surface area contributed by atoms with Gasteiger partial charge in [0.1, 0.15) is 0 Å². The third-order valence-corrected chi connectivity index (χ3v) is 8.07. The summed E-state index contributed by atoms with van der Waals surface area (Å²) in [4.78, 5) is 7.46. The fraction of sp³-hybridized carbons (Fsp3) is 0.433. The average Bonchev–Trinajstić information content (AvgIpc) is 2.82. The molecule has 34 heavy (non-hydrogen) atoms. The van der Waals surface area contributed by atoms with Crippen LogP contribution in [0.5, 0.6) is 0 Å². The van der Waals surface area contributed by atoms with Gasteiger partial charge >= 0.3 is 223 Å². The summed E-state index contributed by atoms with van der Waals surface area (Å²) >= 11 is 1.07. The Morgan fingerprint density at radius 3 is 1.79 bits per heavy atom. The molecule has 2 aromatic carbocycles. The maximum absolute atomic E-state index is 6.32. The first-order valence-corrected chi connectivity index (χ1v) is 13.3. The van der Waals surface area contributed by atoms with Crippen molar-refractivity contribution in [1.82, 2.24) is 4.98 Å². The predicted molar refractivity (Wildman–Crippen MR) is 139 cm³/mol. The van der Waals surface area contributed by atoms with Crippen LogP contribution in [-0.2, 0) is 33.5 Å². The number of pyridine rings is 1. The first-order chi connectivity index (χ1) is 16.0. The zero-order chi connectivity index (χ0) is 25.1. The summed E-state index contributed by atoms with van der Waals surface area (Å²) in [5, 5.41) is 0. The van der Waals surface area contributed by atoms with E-state index in [1.54, 1.807) is 0 Å². The molecule has 0 saturated heterocycles. The van der Waals surface area contributed by atoms with Crippen LogP contribution in [-0.4, -0.2) is 10.6 Å². The molecule has 0 aliphatic heterocycles. The molecular weight excluding hydrogens is 496 g/mol. The van der Waals surface area contributed by atoms with E-state index >= 15 is 0 Å². The van der Waals surface area contributed by atoms with Crippen LogP contribution < -0.4 is 4.90 Å². The molecule has 0 spiro atoms. The number of aromatic nitrogens is 1. The van der Waals surface area contributed by atoms with Gasteiger partial charge in [0, 0.05) is 0 Å². The molecule has 0 bridgehead atoms. The average molecular weight is 535 g/mol. The van der Waals surface area contributed by atoms with E-state index in [2.05, 4.69) is 121 Å². The van der Waals surface area contributed by atoms with Crippen molar-refractivity contribution in [3.63, 3.8) is 0 Å². The van der Waals surface area contributed by atoms with E-state index < -0.39 is 11.1 Å². The maximum atomic E-state index is 6.32. The third kappa shape index (κ3) is 5.39. The number of anilines is 1. The molecule has 0 N–H and O–H groups in total. The molecule has 0 aliphatic rings. The first-order valence-electron chi connectivity index (χ1n) is 12.3. The normalized spacial score (nSPS) is 13.3. The van der Waals surface area contributed by atoms with Crippen LogP contribution in [0.4, 0.5) is 5.69 Å². The number of benzene rings is 2. The Balaban J connectivity index is 2.46. The van der Waals surface area contributed by atoms with Gasteiger partial charge in [0.25, 0.3) is 0 Å². The zero-order valence-corrected chi connectivity index (χ0v) is 24.4. The van der Waals surface area contributed by atoms with Crippen molar-refractivity contribution in [3.05, 3.63) is 95.3 Å². The van der Waals surface area contributed by atoms with Crippen LogP contribution in [0.25, 0.3) is 0 Å². The monoisotopic (exact) mass is 533 g/mol. The van der Waals surface area contributed by atoms with Crippen LogP contribution >= 0.6 is 0 Å². The van der Waals surface area contributed by atoms with Crippen LogP contribution in [0, 0.1) is 0 Å². The first kappa shape index (κ1) is 26.8. The summed E-state index contributed by atoms with van der Waals surface area (Å²) in [6.45, 7) is 18.2. The van der Waals surface area contributed by atoms with Gasteiger partial charge in [-0.2, -0.15) is 0 Å². The van der Waals surface area contributed by atoms with Crippen molar-refractivity contribution in [3.8, 4) is 0 Å². The Kier molecular flexibility index (Phi) is 8.58. The van der Waals surface area contributed by atoms with E-state index in [1.165, 1.54) is 22.4 Å². The Bertz CT molecular complexity index is 1040. The van der Waals surface area contributed by atoms with Crippen molar-refractivity contribution in [2.45, 2.75) is 84.4 Å². The van der Waals surface area contributed by atoms with Crippen molar-refractivity contribution >= 4 is 5.69 Å². The van der Waals surface area contributed by atoms with Crippen LogP contribution in [0.2, 0.25) is 0 Å². The topological polar surface area (TPSA) is 25.4 Å². The molecule has 4 heteroatoms. The molecule has 0 fully saturated rings. The number of rotatable bonds is 9. The van der Waals surface area contributed by atoms with Crippen molar-refractivity contribution in [2.24, 2.45) is 0 Å². The second-order valence-corrected chi connectivity index (χ2v) is 11.3. The number of nitrogens with zero attached hydrogens (tertiary/aromatic N) is 2. The van der Waals surface area contributed by atoms with Gasteiger partial charge in [-0.1, -0.05) is 0 Å². The summed E-state index contributed by atoms with van der Waals surface area (Å²) in [7, 11) is 0. The fourth-order valence-electron chi connectivity index (χ4n) is 4.92. The third-order valence-electron chi connectivity index (χ3n) is 6.77. The van der Waals surface area contributed by atoms with E-state index in [0.29, 0.717) is 11.8 Å². The van der Waals surface area contributed by atoms with Gasteiger partial charge in [-0.25, -0.2) is 0 Å². The van der Waals surface area contributed by atoms with Crippen LogP contribution in [0.15, 0.2) is 72.9 Å². The number of para-hydroxylation sites is 1. The molecule has 3 rings (SSSR count). The SMILES string of the molecule is CC(C)c1cccc(C(C)C)c1N(C(c1ccccc1)C(C)(C)[O][Zr])C(C)(C)c1ccccn1. The van der Waals surface area contributed by atoms with Gasteiger partial charge in [0.05, 0.1) is 0 Å². The summed E-state index contributed by atoms with van der Waals surface area (Å²) in [5.41, 5.74) is 5.48. The Morgan fingerprint density at radius 2 is 1.32 bits per heavy atom. The summed E-state index contributed by atoms with van der Waals surface area (Å²) in [6.07, 6.45) is 1.90. The predicted octanol–water partition coefficient (Wildman–Crippen LogP) is 8.07. The summed E-state index contributed by atoms with van der Waals surface area (Å²) < 4.78 is 6.32. The summed E-state index contributed by atoms with van der Waals surface area (Å²) in [5.74, 6) is 0.757. The number of hydrogen-bond acceptors (Lipinski definition) is 3. The molecular formula is C30H39N2OZr. The summed E-state index contributed by atoms with van der Waals surface area (Å²) in [6, 6.07) is 23.8. The Labute approximate surface area is 222 Å². The second-order valence-electron chi connectivity index (χ2n) is 10.8. The molecule has 1 heterocycles. The molecule has 0 radical (unpaired) electrons. The molecule has 1 atom stereocenters. The van der Waals surface area contributed by atoms with E-state index in [1.807, 2.05) is 12.3 Å². The quantitative estimate of drug-likeness (QED) is 0.277. The fourth-order valence-corrected chi connectivity index (χ4v) is 5.20. The molecule has 0 saturated carbocycles. The van der Waals surface area contributed by atoms with E-state index in [0.717, 1.165) is 30.9 Å². The molecule has 1 aromatic heterocycles. The Morgan fingerprint density at radius 1 is 0.765 bits per heavy atom. The molecule has 3 aromatic rings. The van der Waals surface area contributed by atoms with Crippen molar-refractivity contribution < 1.29 is 28.0 Å². The zero-order valence-electron chi connectivity index (χ0n) is 22.0. The minimum absolute atomic E-state index is 0.0255. The van der Waals surface area contributed by atoms with Gasteiger partial charge in [0.15, 0.2) is 0 Å². The van der Waals surface area contributed by atoms with Gasteiger partial charge in [-0.15, -0.1) is 0 Å². The molecule has 179 valence electrons. The molecule has 0 amide bonds. The van der Waals surface area contributed by atoms with Gasteiger partial charge in [-0.3, -0.25) is 0 Å². The number of hydrogen-bond donors (Lipinski definition) is 0. The van der Waals surface area contributed by atoms with Gasteiger partial charge in [-0.05, 0) is 0 Å². The van der Waals surface area contributed by atoms with Gasteiger partial charge < -0.3 is 0 Å². The Hall–Kier alpha value is -1.77. The second kappa shape index (κ2) is 10.9. The molecule has 0 aliphatic carbocycles. The minimum atomic E-state index is -0.427. The molecule has 3 nitrogen and oxygen atoms in total. The van der Waals surface area contributed by atoms with E-state index in [4.69, 9.17) is 7.80 Å².